The molecule has 32 heavy (non-hydrogen) atoms. The number of nitrogens with zero attached hydrogens (tertiary/aromatic N) is 5. The van der Waals surface area contributed by atoms with E-state index in [0.717, 1.165) is 38.1 Å². The van der Waals surface area contributed by atoms with E-state index in [1.165, 1.54) is 22.9 Å². The number of para-hydroxylation sites is 2. The Morgan fingerprint density at radius 2 is 1.97 bits per heavy atom. The molecule has 0 radical (unpaired) electrons. The zero-order valence-electron chi connectivity index (χ0n) is 17.3. The van der Waals surface area contributed by atoms with E-state index in [1.54, 1.807) is 24.3 Å². The number of rotatable bonds is 4. The molecule has 2 aromatic carbocycles. The van der Waals surface area contributed by atoms with Gasteiger partial charge in [-0.1, -0.05) is 18.6 Å². The van der Waals surface area contributed by atoms with E-state index < -0.39 is 11.7 Å². The van der Waals surface area contributed by atoms with Gasteiger partial charge in [-0.2, -0.15) is 0 Å². The van der Waals surface area contributed by atoms with Crippen LogP contribution in [0.2, 0.25) is 0 Å². The van der Waals surface area contributed by atoms with Crippen LogP contribution in [0.15, 0.2) is 53.5 Å². The molecule has 4 aromatic rings. The first kappa shape index (κ1) is 20.0. The Kier molecular flexibility index (Phi) is 5.22. The minimum atomic E-state index is -0.432. The summed E-state index contributed by atoms with van der Waals surface area (Å²) in [5.74, 6) is 0.488. The first-order valence-electron chi connectivity index (χ1n) is 10.6. The number of fused-ring (bicyclic) bond motifs is 2. The Bertz CT molecular complexity index is 1380. The molecule has 9 heteroatoms. The summed E-state index contributed by atoms with van der Waals surface area (Å²) in [6.45, 7) is 0.556. The van der Waals surface area contributed by atoms with E-state index in [1.807, 2.05) is 10.6 Å². The van der Waals surface area contributed by atoms with Gasteiger partial charge in [0.1, 0.15) is 18.2 Å². The number of anilines is 1. The van der Waals surface area contributed by atoms with Gasteiger partial charge in [0.05, 0.1) is 22.8 Å². The summed E-state index contributed by atoms with van der Waals surface area (Å²) in [7, 11) is 0. The zero-order valence-corrected chi connectivity index (χ0v) is 17.3. The monoisotopic (exact) mass is 432 g/mol. The van der Waals surface area contributed by atoms with Crippen molar-refractivity contribution >= 4 is 22.6 Å². The number of amides is 1. The van der Waals surface area contributed by atoms with Crippen LogP contribution in [0.25, 0.3) is 22.4 Å². The lowest BCUT2D eigenvalue weighted by molar-refractivity contribution is -0.116. The van der Waals surface area contributed by atoms with Crippen LogP contribution in [0, 0.1) is 5.82 Å². The summed E-state index contributed by atoms with van der Waals surface area (Å²) in [6, 6.07) is 11.5. The van der Waals surface area contributed by atoms with E-state index in [-0.39, 0.29) is 17.7 Å². The molecule has 0 saturated heterocycles. The van der Waals surface area contributed by atoms with Gasteiger partial charge < -0.3 is 9.88 Å². The fourth-order valence-corrected chi connectivity index (χ4v) is 4.08. The number of carbonyl (C=O) groups is 1. The fraction of sp³-hybridized carbons (Fsp3) is 0.261. The topological polar surface area (TPSA) is 94.7 Å². The van der Waals surface area contributed by atoms with Crippen molar-refractivity contribution in [3.8, 4) is 11.4 Å². The molecule has 0 unspecified atom stereocenters. The Balaban J connectivity index is 1.42. The third-order valence-electron chi connectivity index (χ3n) is 5.65. The standard InChI is InChI=1S/C23H21FN6O2/c24-17-10-9-15(12-16(17)23-28-27-20-8-2-1-5-11-29(20)23)26-21(31)14-30-19-7-4-3-6-18(19)25-13-22(30)32/h3-4,6-7,9-10,12-13H,1-2,5,8,11,14H2,(H,26,31). The van der Waals surface area contributed by atoms with E-state index >= 15 is 0 Å². The summed E-state index contributed by atoms with van der Waals surface area (Å²) >= 11 is 0. The maximum Gasteiger partial charge on any atom is 0.269 e. The molecule has 0 fully saturated rings. The van der Waals surface area contributed by atoms with Crippen molar-refractivity contribution in [2.45, 2.75) is 38.8 Å². The molecule has 3 heterocycles. The van der Waals surface area contributed by atoms with Crippen molar-refractivity contribution in [1.29, 1.82) is 0 Å². The van der Waals surface area contributed by atoms with Crippen molar-refractivity contribution in [2.75, 3.05) is 5.32 Å². The lowest BCUT2D eigenvalue weighted by Gasteiger charge is -2.12. The summed E-state index contributed by atoms with van der Waals surface area (Å²) in [6.07, 6.45) is 5.15. The Morgan fingerprint density at radius 1 is 1.09 bits per heavy atom. The number of halogens is 1. The predicted molar refractivity (Wildman–Crippen MR) is 118 cm³/mol. The second-order valence-corrected chi connectivity index (χ2v) is 7.82. The van der Waals surface area contributed by atoms with Crippen molar-refractivity contribution in [2.24, 2.45) is 0 Å². The number of aryl methyl sites for hydroxylation is 1. The normalized spacial score (nSPS) is 13.5. The average Bonchev–Trinajstić information content (AvgIpc) is 3.04. The first-order valence-corrected chi connectivity index (χ1v) is 10.6. The highest BCUT2D eigenvalue weighted by molar-refractivity contribution is 5.92. The van der Waals surface area contributed by atoms with Gasteiger partial charge in [-0.25, -0.2) is 9.37 Å². The van der Waals surface area contributed by atoms with Gasteiger partial charge in [0.2, 0.25) is 5.91 Å². The van der Waals surface area contributed by atoms with Gasteiger partial charge in [-0.3, -0.25) is 14.2 Å². The molecule has 1 aliphatic heterocycles. The van der Waals surface area contributed by atoms with Gasteiger partial charge in [-0.05, 0) is 43.2 Å². The van der Waals surface area contributed by atoms with Crippen LogP contribution in [0.3, 0.4) is 0 Å². The molecule has 0 spiro atoms. The lowest BCUT2D eigenvalue weighted by Crippen LogP contribution is -2.28. The molecule has 162 valence electrons. The number of aromatic nitrogens is 5. The largest absolute Gasteiger partial charge is 0.325 e. The maximum absolute atomic E-state index is 14.7. The fourth-order valence-electron chi connectivity index (χ4n) is 4.08. The summed E-state index contributed by atoms with van der Waals surface area (Å²) < 4.78 is 18.0. The van der Waals surface area contributed by atoms with Crippen LogP contribution >= 0.6 is 0 Å². The van der Waals surface area contributed by atoms with Gasteiger partial charge in [0.15, 0.2) is 5.82 Å². The Labute approximate surface area is 182 Å². The SMILES string of the molecule is O=C(Cn1c(=O)cnc2ccccc21)Nc1ccc(F)c(-c2nnc3n2CCCCC3)c1. The number of nitrogens with one attached hydrogen (secondary N) is 1. The van der Waals surface area contributed by atoms with E-state index in [9.17, 15) is 14.0 Å². The highest BCUT2D eigenvalue weighted by atomic mass is 19.1. The Hall–Kier alpha value is -3.88. The first-order chi connectivity index (χ1) is 15.6. The van der Waals surface area contributed by atoms with Crippen LogP contribution in [0.4, 0.5) is 10.1 Å². The molecule has 1 N–H and O–H groups in total. The van der Waals surface area contributed by atoms with Crippen molar-refractivity contribution in [1.82, 2.24) is 24.3 Å². The molecular formula is C23H21FN6O2. The zero-order chi connectivity index (χ0) is 22.1. The quantitative estimate of drug-likeness (QED) is 0.535. The molecule has 0 bridgehead atoms. The molecule has 8 nitrogen and oxygen atoms in total. The lowest BCUT2D eigenvalue weighted by atomic mass is 10.1. The van der Waals surface area contributed by atoms with Crippen LogP contribution in [0.1, 0.15) is 25.1 Å². The summed E-state index contributed by atoms with van der Waals surface area (Å²) in [5, 5.41) is 11.2. The molecule has 1 aliphatic rings. The smallest absolute Gasteiger partial charge is 0.269 e. The van der Waals surface area contributed by atoms with Crippen LogP contribution in [-0.4, -0.2) is 30.2 Å². The molecular weight excluding hydrogens is 411 g/mol. The highest BCUT2D eigenvalue weighted by Crippen LogP contribution is 2.27. The minimum absolute atomic E-state index is 0.186. The third kappa shape index (κ3) is 3.77. The van der Waals surface area contributed by atoms with Crippen LogP contribution in [-0.2, 0) is 24.3 Å². The molecule has 0 aliphatic carbocycles. The minimum Gasteiger partial charge on any atom is -0.325 e. The van der Waals surface area contributed by atoms with Gasteiger partial charge >= 0.3 is 0 Å². The van der Waals surface area contributed by atoms with Gasteiger partial charge in [0, 0.05) is 18.7 Å². The molecule has 2 aromatic heterocycles. The van der Waals surface area contributed by atoms with Gasteiger partial charge in [0.25, 0.3) is 5.56 Å². The second kappa shape index (κ2) is 8.33. The Morgan fingerprint density at radius 3 is 2.88 bits per heavy atom. The molecule has 1 amide bonds. The second-order valence-electron chi connectivity index (χ2n) is 7.82. The van der Waals surface area contributed by atoms with Crippen LogP contribution < -0.4 is 10.9 Å². The maximum atomic E-state index is 14.7. The number of hydrogen-bond acceptors (Lipinski definition) is 5. The van der Waals surface area contributed by atoms with E-state index in [0.29, 0.717) is 22.5 Å². The van der Waals surface area contributed by atoms with Crippen molar-refractivity contribution in [3.63, 3.8) is 0 Å². The van der Waals surface area contributed by atoms with Crippen molar-refractivity contribution < 1.29 is 9.18 Å². The molecule has 0 atom stereocenters. The number of carbonyl (C=O) groups excluding carboxylic acids is 1. The van der Waals surface area contributed by atoms with E-state index in [4.69, 9.17) is 0 Å². The van der Waals surface area contributed by atoms with E-state index in [2.05, 4.69) is 20.5 Å². The van der Waals surface area contributed by atoms with Gasteiger partial charge in [-0.15, -0.1) is 10.2 Å². The predicted octanol–water partition coefficient (Wildman–Crippen LogP) is 3.16. The average molecular weight is 432 g/mol. The highest BCUT2D eigenvalue weighted by Gasteiger charge is 2.19. The van der Waals surface area contributed by atoms with Crippen molar-refractivity contribution in [3.05, 3.63) is 70.7 Å². The summed E-state index contributed by atoms with van der Waals surface area (Å²) in [5.41, 5.74) is 1.53. The third-order valence-corrected chi connectivity index (χ3v) is 5.65. The van der Waals surface area contributed by atoms with Crippen LogP contribution in [0.5, 0.6) is 0 Å². The summed E-state index contributed by atoms with van der Waals surface area (Å²) in [4.78, 5) is 29.1. The number of hydrogen-bond donors (Lipinski definition) is 1. The number of benzene rings is 2. The molecule has 0 saturated carbocycles. The molecule has 5 rings (SSSR count).